The van der Waals surface area contributed by atoms with Crippen LogP contribution in [0.1, 0.15) is 12.8 Å². The molecule has 0 amide bonds. The van der Waals surface area contributed by atoms with Crippen LogP contribution in [0.2, 0.25) is 0 Å². The van der Waals surface area contributed by atoms with Gasteiger partial charge in [0, 0.05) is 13.7 Å². The Morgan fingerprint density at radius 2 is 2.36 bits per heavy atom. The Bertz CT molecular complexity index is 99.1. The third kappa shape index (κ3) is 3.38. The summed E-state index contributed by atoms with van der Waals surface area (Å²) in [5.74, 6) is 0. The van der Waals surface area contributed by atoms with Crippen molar-refractivity contribution in [3.8, 4) is 0 Å². The Balaban J connectivity index is 0.000001000. The van der Waals surface area contributed by atoms with Crippen molar-refractivity contribution >= 4 is 12.4 Å². The van der Waals surface area contributed by atoms with Crippen molar-refractivity contribution in [3.63, 3.8) is 0 Å². The number of methoxy groups -OCH3 is 1. The van der Waals surface area contributed by atoms with E-state index in [-0.39, 0.29) is 17.9 Å². The van der Waals surface area contributed by atoms with Crippen LogP contribution >= 0.6 is 12.4 Å². The van der Waals surface area contributed by atoms with Crippen LogP contribution in [0, 0.1) is 0 Å². The molecule has 1 heterocycles. The van der Waals surface area contributed by atoms with E-state index in [0.717, 1.165) is 19.4 Å². The fraction of sp³-hybridized carbons (Fsp3) is 1.00. The summed E-state index contributed by atoms with van der Waals surface area (Å²) in [6.07, 6.45) is 2.07. The van der Waals surface area contributed by atoms with E-state index in [1.807, 2.05) is 0 Å². The number of halogens is 1. The Morgan fingerprint density at radius 1 is 1.64 bits per heavy atom. The van der Waals surface area contributed by atoms with Crippen LogP contribution in [0.25, 0.3) is 0 Å². The van der Waals surface area contributed by atoms with Crippen molar-refractivity contribution in [2.24, 2.45) is 5.73 Å². The summed E-state index contributed by atoms with van der Waals surface area (Å²) >= 11 is 0. The van der Waals surface area contributed by atoms with E-state index in [2.05, 4.69) is 0 Å². The van der Waals surface area contributed by atoms with Crippen LogP contribution in [0.5, 0.6) is 0 Å². The van der Waals surface area contributed by atoms with Gasteiger partial charge >= 0.3 is 0 Å². The number of hydrogen-bond donors (Lipinski definition) is 1. The summed E-state index contributed by atoms with van der Waals surface area (Å²) in [6, 6.07) is 0. The van der Waals surface area contributed by atoms with Crippen LogP contribution in [0.3, 0.4) is 0 Å². The molecule has 0 saturated carbocycles. The highest BCUT2D eigenvalue weighted by atomic mass is 35.5. The second-order valence-electron chi connectivity index (χ2n) is 2.95. The second kappa shape index (κ2) is 4.93. The maximum atomic E-state index is 5.92. The van der Waals surface area contributed by atoms with Gasteiger partial charge in [-0.2, -0.15) is 0 Å². The van der Waals surface area contributed by atoms with E-state index in [4.69, 9.17) is 15.2 Å². The van der Waals surface area contributed by atoms with Crippen molar-refractivity contribution in [1.82, 2.24) is 0 Å². The molecular weight excluding hydrogens is 166 g/mol. The van der Waals surface area contributed by atoms with E-state index >= 15 is 0 Å². The zero-order valence-electron chi connectivity index (χ0n) is 6.84. The summed E-state index contributed by atoms with van der Waals surface area (Å²) in [5.41, 5.74) is 5.70. The van der Waals surface area contributed by atoms with Gasteiger partial charge in [-0.25, -0.2) is 0 Å². The molecule has 1 aliphatic rings. The maximum absolute atomic E-state index is 5.92. The number of nitrogens with two attached hydrogens (primary N) is 1. The van der Waals surface area contributed by atoms with E-state index in [1.54, 1.807) is 7.11 Å². The van der Waals surface area contributed by atoms with Gasteiger partial charge < -0.3 is 15.2 Å². The smallest absolute Gasteiger partial charge is 0.0668 e. The zero-order chi connectivity index (χ0) is 7.45. The average molecular weight is 182 g/mol. The van der Waals surface area contributed by atoms with Gasteiger partial charge in [0.1, 0.15) is 0 Å². The highest BCUT2D eigenvalue weighted by Crippen LogP contribution is 2.15. The largest absolute Gasteiger partial charge is 0.383 e. The highest BCUT2D eigenvalue weighted by Gasteiger charge is 2.27. The third-order valence-electron chi connectivity index (χ3n) is 1.78. The summed E-state index contributed by atoms with van der Waals surface area (Å²) in [5, 5.41) is 0. The van der Waals surface area contributed by atoms with Crippen molar-refractivity contribution in [3.05, 3.63) is 0 Å². The summed E-state index contributed by atoms with van der Waals surface area (Å²) in [7, 11) is 1.67. The number of hydrogen-bond acceptors (Lipinski definition) is 3. The maximum Gasteiger partial charge on any atom is 0.0668 e. The Hall–Kier alpha value is 0.170. The van der Waals surface area contributed by atoms with Gasteiger partial charge in [-0.3, -0.25) is 0 Å². The Morgan fingerprint density at radius 3 is 2.82 bits per heavy atom. The fourth-order valence-electron chi connectivity index (χ4n) is 1.28. The molecule has 1 fully saturated rings. The lowest BCUT2D eigenvalue weighted by atomic mass is 9.95. The first-order valence-electron chi connectivity index (χ1n) is 3.62. The third-order valence-corrected chi connectivity index (χ3v) is 1.78. The molecule has 68 valence electrons. The fourth-order valence-corrected chi connectivity index (χ4v) is 1.28. The summed E-state index contributed by atoms with van der Waals surface area (Å²) in [6.45, 7) is 2.09. The number of ether oxygens (including phenoxy) is 2. The molecule has 3 nitrogen and oxygen atoms in total. The van der Waals surface area contributed by atoms with Gasteiger partial charge in [-0.05, 0) is 12.8 Å². The highest BCUT2D eigenvalue weighted by molar-refractivity contribution is 5.85. The van der Waals surface area contributed by atoms with Gasteiger partial charge in [0.25, 0.3) is 0 Å². The molecule has 0 radical (unpaired) electrons. The van der Waals surface area contributed by atoms with E-state index in [0.29, 0.717) is 13.2 Å². The van der Waals surface area contributed by atoms with Crippen molar-refractivity contribution in [2.75, 3.05) is 26.9 Å². The van der Waals surface area contributed by atoms with Crippen LogP contribution < -0.4 is 5.73 Å². The molecule has 1 atom stereocenters. The predicted molar refractivity (Wildman–Crippen MR) is 46.1 cm³/mol. The van der Waals surface area contributed by atoms with Gasteiger partial charge in [0.2, 0.25) is 0 Å². The predicted octanol–water partition coefficient (Wildman–Crippen LogP) is 0.563. The summed E-state index contributed by atoms with van der Waals surface area (Å²) < 4.78 is 10.2. The molecule has 0 spiro atoms. The molecule has 0 aromatic carbocycles. The standard InChI is InChI=1S/C7H15NO2.ClH/c1-9-5-7(8)3-2-4-10-6-7;/h2-6,8H2,1H3;1H. The van der Waals surface area contributed by atoms with E-state index in [1.165, 1.54) is 0 Å². The van der Waals surface area contributed by atoms with Crippen LogP contribution in [0.4, 0.5) is 0 Å². The molecule has 1 rings (SSSR count). The minimum absolute atomic E-state index is 0. The van der Waals surface area contributed by atoms with E-state index < -0.39 is 0 Å². The topological polar surface area (TPSA) is 44.5 Å². The molecule has 0 bridgehead atoms. The normalized spacial score (nSPS) is 31.1. The lowest BCUT2D eigenvalue weighted by molar-refractivity contribution is 0.000624. The van der Waals surface area contributed by atoms with Crippen LogP contribution in [0.15, 0.2) is 0 Å². The monoisotopic (exact) mass is 181 g/mol. The molecule has 1 aliphatic heterocycles. The molecule has 11 heavy (non-hydrogen) atoms. The van der Waals surface area contributed by atoms with Crippen molar-refractivity contribution in [1.29, 1.82) is 0 Å². The van der Waals surface area contributed by atoms with E-state index in [9.17, 15) is 0 Å². The second-order valence-corrected chi connectivity index (χ2v) is 2.95. The Labute approximate surface area is 73.6 Å². The first-order chi connectivity index (χ1) is 4.77. The van der Waals surface area contributed by atoms with Gasteiger partial charge in [0.15, 0.2) is 0 Å². The van der Waals surface area contributed by atoms with Crippen LogP contribution in [-0.2, 0) is 9.47 Å². The van der Waals surface area contributed by atoms with Gasteiger partial charge in [0.05, 0.1) is 18.8 Å². The SMILES string of the molecule is COCC1(N)CCCOC1.Cl. The molecule has 1 saturated heterocycles. The molecular formula is C7H16ClNO2. The summed E-state index contributed by atoms with van der Waals surface area (Å²) in [4.78, 5) is 0. The lowest BCUT2D eigenvalue weighted by Gasteiger charge is -2.32. The minimum Gasteiger partial charge on any atom is -0.383 e. The molecule has 4 heteroatoms. The lowest BCUT2D eigenvalue weighted by Crippen LogP contribution is -2.51. The van der Waals surface area contributed by atoms with Gasteiger partial charge in [-0.1, -0.05) is 0 Å². The Kier molecular flexibility index (Phi) is 5.01. The molecule has 0 aromatic heterocycles. The molecule has 1 unspecified atom stereocenters. The van der Waals surface area contributed by atoms with Crippen molar-refractivity contribution in [2.45, 2.75) is 18.4 Å². The van der Waals surface area contributed by atoms with Crippen LogP contribution in [-0.4, -0.2) is 32.5 Å². The zero-order valence-corrected chi connectivity index (χ0v) is 7.65. The molecule has 0 aliphatic carbocycles. The molecule has 0 aromatic rings. The average Bonchev–Trinajstić information content (AvgIpc) is 1.89. The van der Waals surface area contributed by atoms with Crippen molar-refractivity contribution < 1.29 is 9.47 Å². The number of rotatable bonds is 2. The minimum atomic E-state index is -0.215. The quantitative estimate of drug-likeness (QED) is 0.677. The van der Waals surface area contributed by atoms with Gasteiger partial charge in [-0.15, -0.1) is 12.4 Å². The molecule has 2 N–H and O–H groups in total. The first kappa shape index (κ1) is 11.2. The first-order valence-corrected chi connectivity index (χ1v) is 3.62.